The Bertz CT molecular complexity index is 315. The molecular formula is C9H12N2O3. The van der Waals surface area contributed by atoms with E-state index in [0.717, 1.165) is 0 Å². The fraction of sp³-hybridized carbons (Fsp3) is 0.333. The molecule has 0 spiro atoms. The second-order valence-corrected chi connectivity index (χ2v) is 2.69. The van der Waals surface area contributed by atoms with Gasteiger partial charge in [-0.2, -0.15) is 0 Å². The van der Waals surface area contributed by atoms with E-state index in [0.29, 0.717) is 18.8 Å². The number of nitrogens with one attached hydrogen (secondary N) is 1. The number of aromatic nitrogens is 1. The van der Waals surface area contributed by atoms with E-state index in [1.54, 1.807) is 13.3 Å². The van der Waals surface area contributed by atoms with Gasteiger partial charge in [0.05, 0.1) is 17.9 Å². The Morgan fingerprint density at radius 3 is 3.07 bits per heavy atom. The van der Waals surface area contributed by atoms with Gasteiger partial charge in [-0.15, -0.1) is 0 Å². The summed E-state index contributed by atoms with van der Waals surface area (Å²) in [6.45, 7) is 1.19. The van der Waals surface area contributed by atoms with Crippen LogP contribution in [0.2, 0.25) is 0 Å². The van der Waals surface area contributed by atoms with Crippen LogP contribution in [-0.4, -0.2) is 36.3 Å². The predicted molar refractivity (Wildman–Crippen MR) is 51.6 cm³/mol. The van der Waals surface area contributed by atoms with Gasteiger partial charge in [-0.25, -0.2) is 4.79 Å². The second-order valence-electron chi connectivity index (χ2n) is 2.69. The summed E-state index contributed by atoms with van der Waals surface area (Å²) in [7, 11) is 1.60. The van der Waals surface area contributed by atoms with E-state index in [1.165, 1.54) is 12.3 Å². The number of methoxy groups -OCH3 is 1. The van der Waals surface area contributed by atoms with Crippen LogP contribution in [0.15, 0.2) is 18.5 Å². The molecule has 5 heteroatoms. The summed E-state index contributed by atoms with van der Waals surface area (Å²) in [5.74, 6) is -0.979. The van der Waals surface area contributed by atoms with E-state index in [-0.39, 0.29) is 5.56 Å². The maximum Gasteiger partial charge on any atom is 0.337 e. The van der Waals surface area contributed by atoms with Crippen molar-refractivity contribution >= 4 is 11.7 Å². The van der Waals surface area contributed by atoms with Crippen LogP contribution in [0.5, 0.6) is 0 Å². The van der Waals surface area contributed by atoms with Crippen LogP contribution in [-0.2, 0) is 4.74 Å². The standard InChI is InChI=1S/C9H12N2O3/c1-14-3-2-11-8-4-7(9(12)13)5-10-6-8/h4-6,11H,2-3H2,1H3,(H,12,13). The average Bonchev–Trinajstić information content (AvgIpc) is 2.19. The predicted octanol–water partition coefficient (Wildman–Crippen LogP) is 0.838. The fourth-order valence-electron chi connectivity index (χ4n) is 0.951. The summed E-state index contributed by atoms with van der Waals surface area (Å²) < 4.78 is 4.84. The zero-order valence-electron chi connectivity index (χ0n) is 7.86. The van der Waals surface area contributed by atoms with Crippen molar-refractivity contribution < 1.29 is 14.6 Å². The Labute approximate surface area is 81.7 Å². The molecule has 0 fully saturated rings. The summed E-state index contributed by atoms with van der Waals surface area (Å²) in [5.41, 5.74) is 0.856. The Kier molecular flexibility index (Phi) is 3.87. The molecule has 0 atom stereocenters. The summed E-state index contributed by atoms with van der Waals surface area (Å²) in [5, 5.41) is 11.7. The molecule has 1 rings (SSSR count). The zero-order chi connectivity index (χ0) is 10.4. The maximum absolute atomic E-state index is 10.6. The third kappa shape index (κ3) is 3.02. The normalized spacial score (nSPS) is 9.79. The maximum atomic E-state index is 10.6. The minimum absolute atomic E-state index is 0.174. The molecule has 0 aliphatic rings. The van der Waals surface area contributed by atoms with E-state index in [9.17, 15) is 4.79 Å². The third-order valence-electron chi connectivity index (χ3n) is 1.62. The van der Waals surface area contributed by atoms with E-state index in [1.807, 2.05) is 0 Å². The first kappa shape index (κ1) is 10.5. The molecule has 0 aromatic carbocycles. The Balaban J connectivity index is 2.59. The molecule has 1 aromatic rings. The number of pyridine rings is 1. The van der Waals surface area contributed by atoms with Crippen molar-refractivity contribution in [3.8, 4) is 0 Å². The van der Waals surface area contributed by atoms with Gasteiger partial charge in [0, 0.05) is 26.0 Å². The van der Waals surface area contributed by atoms with Crippen molar-refractivity contribution in [1.82, 2.24) is 4.98 Å². The van der Waals surface area contributed by atoms with Crippen LogP contribution >= 0.6 is 0 Å². The molecule has 0 bridgehead atoms. The fourth-order valence-corrected chi connectivity index (χ4v) is 0.951. The van der Waals surface area contributed by atoms with Gasteiger partial charge in [-0.3, -0.25) is 4.98 Å². The molecule has 2 N–H and O–H groups in total. The summed E-state index contributed by atoms with van der Waals surface area (Å²) >= 11 is 0. The van der Waals surface area contributed by atoms with Crippen molar-refractivity contribution in [3.05, 3.63) is 24.0 Å². The van der Waals surface area contributed by atoms with Crippen molar-refractivity contribution in [1.29, 1.82) is 0 Å². The molecule has 5 nitrogen and oxygen atoms in total. The Morgan fingerprint density at radius 2 is 2.43 bits per heavy atom. The highest BCUT2D eigenvalue weighted by Crippen LogP contribution is 2.07. The zero-order valence-corrected chi connectivity index (χ0v) is 7.86. The van der Waals surface area contributed by atoms with Crippen LogP contribution in [0.4, 0.5) is 5.69 Å². The summed E-state index contributed by atoms with van der Waals surface area (Å²) in [6, 6.07) is 1.53. The first-order valence-electron chi connectivity index (χ1n) is 4.15. The molecule has 0 amide bonds. The second kappa shape index (κ2) is 5.18. The minimum atomic E-state index is -0.979. The SMILES string of the molecule is COCCNc1cncc(C(=O)O)c1. The number of aromatic carboxylic acids is 1. The van der Waals surface area contributed by atoms with Gasteiger partial charge in [0.15, 0.2) is 0 Å². The lowest BCUT2D eigenvalue weighted by Gasteiger charge is -2.05. The highest BCUT2D eigenvalue weighted by molar-refractivity contribution is 5.88. The van der Waals surface area contributed by atoms with Gasteiger partial charge in [0.25, 0.3) is 0 Å². The number of rotatable bonds is 5. The highest BCUT2D eigenvalue weighted by Gasteiger charge is 2.03. The lowest BCUT2D eigenvalue weighted by atomic mass is 10.2. The van der Waals surface area contributed by atoms with Crippen LogP contribution in [0.1, 0.15) is 10.4 Å². The number of carbonyl (C=O) groups is 1. The van der Waals surface area contributed by atoms with Gasteiger partial charge in [-0.05, 0) is 6.07 Å². The number of carboxylic acid groups (broad SMARTS) is 1. The monoisotopic (exact) mass is 196 g/mol. The first-order valence-corrected chi connectivity index (χ1v) is 4.15. The van der Waals surface area contributed by atoms with Crippen LogP contribution in [0.3, 0.4) is 0 Å². The van der Waals surface area contributed by atoms with Gasteiger partial charge >= 0.3 is 5.97 Å². The van der Waals surface area contributed by atoms with Gasteiger partial charge < -0.3 is 15.2 Å². The summed E-state index contributed by atoms with van der Waals surface area (Å²) in [4.78, 5) is 14.4. The average molecular weight is 196 g/mol. The topological polar surface area (TPSA) is 71.5 Å². The smallest absolute Gasteiger partial charge is 0.337 e. The molecule has 0 radical (unpaired) electrons. The van der Waals surface area contributed by atoms with Crippen LogP contribution in [0, 0.1) is 0 Å². The lowest BCUT2D eigenvalue weighted by molar-refractivity contribution is 0.0696. The van der Waals surface area contributed by atoms with Gasteiger partial charge in [0.2, 0.25) is 0 Å². The van der Waals surface area contributed by atoms with Crippen molar-refractivity contribution in [2.75, 3.05) is 25.6 Å². The minimum Gasteiger partial charge on any atom is -0.478 e. The van der Waals surface area contributed by atoms with E-state index in [4.69, 9.17) is 9.84 Å². The summed E-state index contributed by atoms with van der Waals surface area (Å²) in [6.07, 6.45) is 2.88. The Morgan fingerprint density at radius 1 is 1.64 bits per heavy atom. The molecule has 0 aliphatic carbocycles. The van der Waals surface area contributed by atoms with E-state index >= 15 is 0 Å². The first-order chi connectivity index (χ1) is 6.74. The number of hydrogen-bond acceptors (Lipinski definition) is 4. The molecule has 1 aromatic heterocycles. The number of ether oxygens (including phenoxy) is 1. The molecule has 14 heavy (non-hydrogen) atoms. The van der Waals surface area contributed by atoms with Gasteiger partial charge in [-0.1, -0.05) is 0 Å². The molecule has 0 unspecified atom stereocenters. The molecular weight excluding hydrogens is 184 g/mol. The van der Waals surface area contributed by atoms with Crippen LogP contribution in [0.25, 0.3) is 0 Å². The number of carboxylic acids is 1. The molecule has 0 saturated carbocycles. The lowest BCUT2D eigenvalue weighted by Crippen LogP contribution is -2.08. The highest BCUT2D eigenvalue weighted by atomic mass is 16.5. The third-order valence-corrected chi connectivity index (χ3v) is 1.62. The quantitative estimate of drug-likeness (QED) is 0.683. The largest absolute Gasteiger partial charge is 0.478 e. The van der Waals surface area contributed by atoms with Crippen molar-refractivity contribution in [2.45, 2.75) is 0 Å². The molecule has 1 heterocycles. The van der Waals surface area contributed by atoms with Gasteiger partial charge in [0.1, 0.15) is 0 Å². The number of anilines is 1. The Hall–Kier alpha value is -1.62. The van der Waals surface area contributed by atoms with E-state index < -0.39 is 5.97 Å². The van der Waals surface area contributed by atoms with Crippen LogP contribution < -0.4 is 5.32 Å². The van der Waals surface area contributed by atoms with Crippen molar-refractivity contribution in [3.63, 3.8) is 0 Å². The number of nitrogens with zero attached hydrogens (tertiary/aromatic N) is 1. The molecule has 0 saturated heterocycles. The number of hydrogen-bond donors (Lipinski definition) is 2. The molecule has 76 valence electrons. The molecule has 0 aliphatic heterocycles. The van der Waals surface area contributed by atoms with E-state index in [2.05, 4.69) is 10.3 Å². The van der Waals surface area contributed by atoms with Crippen molar-refractivity contribution in [2.24, 2.45) is 0 Å².